The summed E-state index contributed by atoms with van der Waals surface area (Å²) in [7, 11) is 1.70. The first-order chi connectivity index (χ1) is 11.3. The highest BCUT2D eigenvalue weighted by Crippen LogP contribution is 2.29. The number of hydrogen-bond donors (Lipinski definition) is 1. The van der Waals surface area contributed by atoms with Crippen molar-refractivity contribution in [2.45, 2.75) is 44.8 Å². The molecule has 1 N–H and O–H groups in total. The maximum Gasteiger partial charge on any atom is 0.130 e. The van der Waals surface area contributed by atoms with Crippen LogP contribution in [0.3, 0.4) is 0 Å². The van der Waals surface area contributed by atoms with Gasteiger partial charge in [0, 0.05) is 38.9 Å². The lowest BCUT2D eigenvalue weighted by Crippen LogP contribution is -2.43. The maximum absolute atomic E-state index is 6.01. The van der Waals surface area contributed by atoms with Crippen molar-refractivity contribution in [2.75, 3.05) is 45.3 Å². The van der Waals surface area contributed by atoms with E-state index >= 15 is 0 Å². The molecule has 2 heterocycles. The van der Waals surface area contributed by atoms with E-state index in [0.717, 1.165) is 49.6 Å². The first-order valence-electron chi connectivity index (χ1n) is 8.70. The fraction of sp³-hybridized carbons (Fsp3) is 0.765. The van der Waals surface area contributed by atoms with Crippen molar-refractivity contribution in [2.24, 2.45) is 0 Å². The molecule has 1 saturated carbocycles. The summed E-state index contributed by atoms with van der Waals surface area (Å²) in [5.41, 5.74) is 0.986. The van der Waals surface area contributed by atoms with Crippen molar-refractivity contribution < 1.29 is 9.47 Å². The molecule has 0 amide bonds. The number of nitrogens with one attached hydrogen (secondary N) is 1. The minimum atomic E-state index is 0.0500. The van der Waals surface area contributed by atoms with Crippen molar-refractivity contribution in [3.63, 3.8) is 0 Å². The molecule has 1 unspecified atom stereocenters. The maximum atomic E-state index is 6.01. The molecule has 2 aliphatic rings. The Labute approximate surface area is 138 Å². The highest BCUT2D eigenvalue weighted by Gasteiger charge is 2.30. The number of aromatic nitrogens is 2. The van der Waals surface area contributed by atoms with Gasteiger partial charge < -0.3 is 14.8 Å². The van der Waals surface area contributed by atoms with Gasteiger partial charge in [-0.3, -0.25) is 4.90 Å². The van der Waals surface area contributed by atoms with Crippen molar-refractivity contribution in [1.29, 1.82) is 0 Å². The van der Waals surface area contributed by atoms with Gasteiger partial charge in [-0.2, -0.15) is 0 Å². The molecule has 0 bridgehead atoms. The first kappa shape index (κ1) is 16.6. The molecule has 1 saturated heterocycles. The normalized spacial score (nSPS) is 23.3. The van der Waals surface area contributed by atoms with Crippen LogP contribution in [0, 0.1) is 6.92 Å². The van der Waals surface area contributed by atoms with Gasteiger partial charge in [-0.25, -0.2) is 9.97 Å². The summed E-state index contributed by atoms with van der Waals surface area (Å²) in [6, 6.07) is 2.76. The number of ether oxygens (including phenoxy) is 2. The van der Waals surface area contributed by atoms with E-state index in [1.165, 1.54) is 25.7 Å². The summed E-state index contributed by atoms with van der Waals surface area (Å²) in [5, 5.41) is 3.29. The molecule has 2 fully saturated rings. The summed E-state index contributed by atoms with van der Waals surface area (Å²) >= 11 is 0. The van der Waals surface area contributed by atoms with Crippen LogP contribution in [0.15, 0.2) is 6.07 Å². The first-order valence-corrected chi connectivity index (χ1v) is 8.70. The van der Waals surface area contributed by atoms with Gasteiger partial charge in [0.05, 0.1) is 18.9 Å². The van der Waals surface area contributed by atoms with Crippen molar-refractivity contribution in [1.82, 2.24) is 14.9 Å². The topological polar surface area (TPSA) is 59.5 Å². The zero-order valence-electron chi connectivity index (χ0n) is 14.3. The van der Waals surface area contributed by atoms with E-state index in [1.54, 1.807) is 7.11 Å². The van der Waals surface area contributed by atoms with E-state index < -0.39 is 0 Å². The Balaban J connectivity index is 1.67. The van der Waals surface area contributed by atoms with Gasteiger partial charge in [0.25, 0.3) is 0 Å². The van der Waals surface area contributed by atoms with E-state index in [9.17, 15) is 0 Å². The largest absolute Gasteiger partial charge is 0.383 e. The average Bonchev–Trinajstić information content (AvgIpc) is 3.09. The predicted molar refractivity (Wildman–Crippen MR) is 89.7 cm³/mol. The Morgan fingerprint density at radius 1 is 1.35 bits per heavy atom. The molecule has 1 atom stereocenters. The number of methoxy groups -OCH3 is 1. The molecular formula is C17H28N4O2. The molecule has 128 valence electrons. The van der Waals surface area contributed by atoms with E-state index in [2.05, 4.69) is 20.2 Å². The van der Waals surface area contributed by atoms with Gasteiger partial charge in [-0.1, -0.05) is 12.8 Å². The number of rotatable bonds is 6. The molecule has 0 spiro atoms. The second-order valence-corrected chi connectivity index (χ2v) is 6.44. The number of aryl methyl sites for hydroxylation is 1. The van der Waals surface area contributed by atoms with Crippen molar-refractivity contribution in [3.05, 3.63) is 17.6 Å². The lowest BCUT2D eigenvalue weighted by atomic mass is 10.1. The zero-order chi connectivity index (χ0) is 16.1. The SMILES string of the molecule is COCCNc1cc(C2CN(C3CCCC3)CCO2)nc(C)n1. The quantitative estimate of drug-likeness (QED) is 0.811. The minimum Gasteiger partial charge on any atom is -0.383 e. The third kappa shape index (κ3) is 4.40. The van der Waals surface area contributed by atoms with E-state index in [4.69, 9.17) is 9.47 Å². The number of nitrogens with zero attached hydrogens (tertiary/aromatic N) is 3. The molecule has 0 radical (unpaired) electrons. The smallest absolute Gasteiger partial charge is 0.130 e. The molecule has 6 heteroatoms. The molecule has 23 heavy (non-hydrogen) atoms. The predicted octanol–water partition coefficient (Wildman–Crippen LogP) is 2.16. The molecular weight excluding hydrogens is 292 g/mol. The Morgan fingerprint density at radius 2 is 2.17 bits per heavy atom. The van der Waals surface area contributed by atoms with Gasteiger partial charge in [0.1, 0.15) is 17.7 Å². The average molecular weight is 320 g/mol. The van der Waals surface area contributed by atoms with E-state index in [0.29, 0.717) is 6.61 Å². The summed E-state index contributed by atoms with van der Waals surface area (Å²) < 4.78 is 11.1. The highest BCUT2D eigenvalue weighted by molar-refractivity contribution is 5.36. The Bertz CT molecular complexity index is 505. The minimum absolute atomic E-state index is 0.0500. The third-order valence-electron chi connectivity index (χ3n) is 4.74. The van der Waals surface area contributed by atoms with Gasteiger partial charge in [-0.05, 0) is 19.8 Å². The van der Waals surface area contributed by atoms with Crippen LogP contribution < -0.4 is 5.32 Å². The fourth-order valence-electron chi connectivity index (χ4n) is 3.58. The van der Waals surface area contributed by atoms with E-state index in [1.807, 2.05) is 13.0 Å². The number of morpholine rings is 1. The highest BCUT2D eigenvalue weighted by atomic mass is 16.5. The third-order valence-corrected chi connectivity index (χ3v) is 4.74. The van der Waals surface area contributed by atoms with Gasteiger partial charge in [0.2, 0.25) is 0 Å². The molecule has 1 aromatic rings. The Kier molecular flexibility index (Phi) is 5.80. The molecule has 6 nitrogen and oxygen atoms in total. The Morgan fingerprint density at radius 3 is 2.96 bits per heavy atom. The molecule has 3 rings (SSSR count). The summed E-state index contributed by atoms with van der Waals surface area (Å²) in [5.74, 6) is 1.63. The second kappa shape index (κ2) is 8.04. The standard InChI is InChI=1S/C17H28N4O2/c1-13-19-15(11-17(20-13)18-7-9-22-2)16-12-21(8-10-23-16)14-5-3-4-6-14/h11,14,16H,3-10,12H2,1-2H3,(H,18,19,20). The van der Waals surface area contributed by atoms with Crippen molar-refractivity contribution in [3.8, 4) is 0 Å². The number of hydrogen-bond acceptors (Lipinski definition) is 6. The fourth-order valence-corrected chi connectivity index (χ4v) is 3.58. The molecule has 1 aromatic heterocycles. The van der Waals surface area contributed by atoms with E-state index in [-0.39, 0.29) is 6.10 Å². The van der Waals surface area contributed by atoms with Crippen LogP contribution in [-0.4, -0.2) is 60.9 Å². The Hall–Kier alpha value is -1.24. The second-order valence-electron chi connectivity index (χ2n) is 6.44. The van der Waals surface area contributed by atoms with Gasteiger partial charge >= 0.3 is 0 Å². The molecule has 0 aromatic carbocycles. The lowest BCUT2D eigenvalue weighted by molar-refractivity contribution is -0.0460. The van der Waals surface area contributed by atoms with Crippen LogP contribution >= 0.6 is 0 Å². The van der Waals surface area contributed by atoms with Gasteiger partial charge in [0.15, 0.2) is 0 Å². The van der Waals surface area contributed by atoms with Crippen LogP contribution in [-0.2, 0) is 9.47 Å². The van der Waals surface area contributed by atoms with Crippen LogP contribution in [0.2, 0.25) is 0 Å². The number of anilines is 1. The summed E-state index contributed by atoms with van der Waals surface area (Å²) in [6.45, 7) is 6.11. The summed E-state index contributed by atoms with van der Waals surface area (Å²) in [6.07, 6.45) is 5.45. The molecule has 1 aliphatic carbocycles. The summed E-state index contributed by atoms with van der Waals surface area (Å²) in [4.78, 5) is 11.7. The lowest BCUT2D eigenvalue weighted by Gasteiger charge is -2.36. The zero-order valence-corrected chi connectivity index (χ0v) is 14.3. The van der Waals surface area contributed by atoms with Crippen LogP contribution in [0.25, 0.3) is 0 Å². The molecule has 1 aliphatic heterocycles. The monoisotopic (exact) mass is 320 g/mol. The van der Waals surface area contributed by atoms with Crippen LogP contribution in [0.1, 0.15) is 43.3 Å². The van der Waals surface area contributed by atoms with Gasteiger partial charge in [-0.15, -0.1) is 0 Å². The van der Waals surface area contributed by atoms with Crippen molar-refractivity contribution >= 4 is 5.82 Å². The van der Waals surface area contributed by atoms with Crippen LogP contribution in [0.5, 0.6) is 0 Å². The van der Waals surface area contributed by atoms with Crippen LogP contribution in [0.4, 0.5) is 5.82 Å².